The van der Waals surface area contributed by atoms with Crippen LogP contribution in [0.5, 0.6) is 11.5 Å². The molecule has 138 valence electrons. The minimum absolute atomic E-state index is 0.182. The third-order valence-corrected chi connectivity index (χ3v) is 3.60. The Bertz CT molecular complexity index is 742. The van der Waals surface area contributed by atoms with E-state index in [0.717, 1.165) is 22.6 Å². The maximum Gasteiger partial charge on any atom is 0.335 e. The van der Waals surface area contributed by atoms with Crippen LogP contribution in [0, 0.1) is 6.92 Å². The van der Waals surface area contributed by atoms with E-state index in [9.17, 15) is 4.79 Å². The fraction of sp³-hybridized carbons (Fsp3) is 0.300. The number of aryl methyl sites for hydroxylation is 1. The maximum absolute atomic E-state index is 11.7. The Morgan fingerprint density at radius 2 is 1.69 bits per heavy atom. The minimum atomic E-state index is -0.447. The van der Waals surface area contributed by atoms with Gasteiger partial charge in [0.25, 0.3) is 0 Å². The molecule has 2 N–H and O–H groups in total. The Morgan fingerprint density at radius 1 is 1.04 bits per heavy atom. The number of oxime groups is 1. The smallest absolute Gasteiger partial charge is 0.335 e. The molecule has 6 heteroatoms. The molecular weight excluding hydrogens is 332 g/mol. The van der Waals surface area contributed by atoms with Gasteiger partial charge in [0, 0.05) is 5.56 Å². The molecule has 0 aliphatic carbocycles. The molecule has 0 fully saturated rings. The number of rotatable bonds is 9. The molecule has 0 atom stereocenters. The highest BCUT2D eigenvalue weighted by Crippen LogP contribution is 2.17. The number of hydrogen-bond donors (Lipinski definition) is 1. The molecule has 0 saturated carbocycles. The van der Waals surface area contributed by atoms with Crippen molar-refractivity contribution in [2.24, 2.45) is 10.9 Å². The number of ether oxygens (including phenoxy) is 2. The van der Waals surface area contributed by atoms with E-state index in [1.165, 1.54) is 0 Å². The van der Waals surface area contributed by atoms with Crippen molar-refractivity contribution >= 4 is 11.8 Å². The summed E-state index contributed by atoms with van der Waals surface area (Å²) in [5, 5.41) is 3.71. The Morgan fingerprint density at radius 3 is 2.35 bits per heavy atom. The number of amidine groups is 1. The summed E-state index contributed by atoms with van der Waals surface area (Å²) in [6.45, 7) is 4.87. The summed E-state index contributed by atoms with van der Waals surface area (Å²) in [5.74, 6) is 1.26. The number of carbonyl (C=O) groups excluding carboxylic acids is 1. The molecule has 0 bridgehead atoms. The second-order valence-electron chi connectivity index (χ2n) is 5.61. The first-order valence-electron chi connectivity index (χ1n) is 8.55. The lowest BCUT2D eigenvalue weighted by atomic mass is 10.1. The van der Waals surface area contributed by atoms with Crippen LogP contribution in [-0.2, 0) is 9.63 Å². The van der Waals surface area contributed by atoms with Crippen LogP contribution in [-0.4, -0.2) is 25.0 Å². The van der Waals surface area contributed by atoms with Crippen LogP contribution in [0.4, 0.5) is 0 Å². The second kappa shape index (κ2) is 10.1. The number of benzene rings is 2. The van der Waals surface area contributed by atoms with E-state index in [-0.39, 0.29) is 12.3 Å². The third kappa shape index (κ3) is 6.12. The van der Waals surface area contributed by atoms with Crippen LogP contribution >= 0.6 is 0 Å². The molecule has 26 heavy (non-hydrogen) atoms. The Hall–Kier alpha value is -3.02. The Balaban J connectivity index is 1.70. The highest BCUT2D eigenvalue weighted by Gasteiger charge is 2.06. The van der Waals surface area contributed by atoms with Crippen molar-refractivity contribution in [3.8, 4) is 11.5 Å². The fourth-order valence-corrected chi connectivity index (χ4v) is 2.26. The molecule has 0 aliphatic rings. The van der Waals surface area contributed by atoms with Crippen molar-refractivity contribution in [3.05, 3.63) is 59.7 Å². The van der Waals surface area contributed by atoms with Crippen LogP contribution in [0.2, 0.25) is 0 Å². The van der Waals surface area contributed by atoms with Crippen LogP contribution in [0.1, 0.15) is 30.9 Å². The van der Waals surface area contributed by atoms with Gasteiger partial charge in [-0.15, -0.1) is 0 Å². The number of nitrogens with zero attached hydrogens (tertiary/aromatic N) is 1. The third-order valence-electron chi connectivity index (χ3n) is 3.60. The summed E-state index contributed by atoms with van der Waals surface area (Å²) in [4.78, 5) is 16.6. The molecule has 2 aromatic carbocycles. The molecule has 0 unspecified atom stereocenters. The van der Waals surface area contributed by atoms with Crippen molar-refractivity contribution in [1.82, 2.24) is 0 Å². The molecule has 0 saturated heterocycles. The maximum atomic E-state index is 11.7. The van der Waals surface area contributed by atoms with E-state index in [4.69, 9.17) is 20.0 Å². The van der Waals surface area contributed by atoms with Crippen molar-refractivity contribution in [2.75, 3.05) is 13.2 Å². The molecular formula is C20H24N2O4. The first-order chi connectivity index (χ1) is 12.6. The van der Waals surface area contributed by atoms with Gasteiger partial charge in [-0.2, -0.15) is 0 Å². The van der Waals surface area contributed by atoms with E-state index in [0.29, 0.717) is 19.6 Å². The average Bonchev–Trinajstić information content (AvgIpc) is 2.65. The summed E-state index contributed by atoms with van der Waals surface area (Å²) in [6.07, 6.45) is 0.716. The molecule has 2 aromatic rings. The average molecular weight is 356 g/mol. The zero-order valence-electron chi connectivity index (χ0n) is 15.1. The zero-order valence-corrected chi connectivity index (χ0v) is 15.1. The molecule has 2 rings (SSSR count). The van der Waals surface area contributed by atoms with Gasteiger partial charge in [-0.25, -0.2) is 4.79 Å². The van der Waals surface area contributed by atoms with E-state index >= 15 is 0 Å². The number of hydrogen-bond acceptors (Lipinski definition) is 5. The van der Waals surface area contributed by atoms with Gasteiger partial charge in [0.05, 0.1) is 19.6 Å². The number of nitrogens with two attached hydrogens (primary N) is 1. The zero-order chi connectivity index (χ0) is 18.8. The van der Waals surface area contributed by atoms with Crippen LogP contribution in [0.15, 0.2) is 53.7 Å². The Kier molecular flexibility index (Phi) is 7.49. The Labute approximate surface area is 153 Å². The van der Waals surface area contributed by atoms with Gasteiger partial charge < -0.3 is 20.0 Å². The SMILES string of the molecule is CCOc1ccc(OCCCC(=O)ON=C(N)c2ccccc2C)cc1. The first kappa shape index (κ1) is 19.3. The van der Waals surface area contributed by atoms with E-state index < -0.39 is 5.97 Å². The van der Waals surface area contributed by atoms with Gasteiger partial charge in [0.2, 0.25) is 0 Å². The van der Waals surface area contributed by atoms with Crippen molar-refractivity contribution in [3.63, 3.8) is 0 Å². The van der Waals surface area contributed by atoms with E-state index in [1.807, 2.05) is 62.4 Å². The minimum Gasteiger partial charge on any atom is -0.494 e. The van der Waals surface area contributed by atoms with Gasteiger partial charge in [-0.3, -0.25) is 0 Å². The highest BCUT2D eigenvalue weighted by atomic mass is 16.7. The van der Waals surface area contributed by atoms with Gasteiger partial charge >= 0.3 is 5.97 Å². The molecule has 0 radical (unpaired) electrons. The largest absolute Gasteiger partial charge is 0.494 e. The van der Waals surface area contributed by atoms with Gasteiger partial charge in [0.15, 0.2) is 5.84 Å². The van der Waals surface area contributed by atoms with Crippen molar-refractivity contribution in [2.45, 2.75) is 26.7 Å². The molecule has 0 heterocycles. The fourth-order valence-electron chi connectivity index (χ4n) is 2.26. The molecule has 6 nitrogen and oxygen atoms in total. The standard InChI is InChI=1S/C20H24N2O4/c1-3-24-16-10-12-17(13-11-16)25-14-6-9-19(23)26-22-20(21)18-8-5-4-7-15(18)2/h4-5,7-8,10-13H,3,6,9,14H2,1-2H3,(H2,21,22). The lowest BCUT2D eigenvalue weighted by Gasteiger charge is -2.07. The first-order valence-corrected chi connectivity index (χ1v) is 8.55. The van der Waals surface area contributed by atoms with Crippen LogP contribution in [0.3, 0.4) is 0 Å². The van der Waals surface area contributed by atoms with Crippen molar-refractivity contribution in [1.29, 1.82) is 0 Å². The van der Waals surface area contributed by atoms with Gasteiger partial charge in [0.1, 0.15) is 11.5 Å². The lowest BCUT2D eigenvalue weighted by molar-refractivity contribution is -0.143. The topological polar surface area (TPSA) is 83.1 Å². The van der Waals surface area contributed by atoms with E-state index in [2.05, 4.69) is 5.16 Å². The highest BCUT2D eigenvalue weighted by molar-refractivity contribution is 5.98. The molecule has 0 aromatic heterocycles. The summed E-state index contributed by atoms with van der Waals surface area (Å²) < 4.78 is 10.9. The normalized spacial score (nSPS) is 11.1. The van der Waals surface area contributed by atoms with Gasteiger partial charge in [-0.05, 0) is 50.1 Å². The van der Waals surface area contributed by atoms with E-state index in [1.54, 1.807) is 0 Å². The second-order valence-corrected chi connectivity index (χ2v) is 5.61. The summed E-state index contributed by atoms with van der Waals surface area (Å²) in [6, 6.07) is 14.8. The van der Waals surface area contributed by atoms with Crippen LogP contribution in [0.25, 0.3) is 0 Å². The predicted octanol–water partition coefficient (Wildman–Crippen LogP) is 3.42. The monoisotopic (exact) mass is 356 g/mol. The molecule has 0 amide bonds. The summed E-state index contributed by atoms with van der Waals surface area (Å²) in [7, 11) is 0. The summed E-state index contributed by atoms with van der Waals surface area (Å²) >= 11 is 0. The van der Waals surface area contributed by atoms with Gasteiger partial charge in [-0.1, -0.05) is 29.4 Å². The quantitative estimate of drug-likeness (QED) is 0.245. The van der Waals surface area contributed by atoms with Crippen LogP contribution < -0.4 is 15.2 Å². The molecule has 0 aliphatic heterocycles. The predicted molar refractivity (Wildman–Crippen MR) is 100 cm³/mol. The summed E-state index contributed by atoms with van der Waals surface area (Å²) in [5.41, 5.74) is 7.56. The molecule has 0 spiro atoms. The lowest BCUT2D eigenvalue weighted by Crippen LogP contribution is -2.16. The number of carbonyl (C=O) groups is 1. The van der Waals surface area contributed by atoms with Crippen molar-refractivity contribution < 1.29 is 19.1 Å².